The molecule has 1 aliphatic carbocycles. The van der Waals surface area contributed by atoms with E-state index in [1.165, 1.54) is 38.4 Å². The minimum atomic E-state index is -0.516. The quantitative estimate of drug-likeness (QED) is 0.499. The summed E-state index contributed by atoms with van der Waals surface area (Å²) in [5.74, 6) is 1.07. The lowest BCUT2D eigenvalue weighted by Gasteiger charge is -2.22. The number of carbonyl (C=O) groups excluding carboxylic acids is 2. The molecule has 176 valence electrons. The first kappa shape index (κ1) is 23.0. The number of primary amides is 1. The molecule has 0 saturated carbocycles. The third kappa shape index (κ3) is 6.01. The molecule has 8 nitrogen and oxygen atoms in total. The van der Waals surface area contributed by atoms with Gasteiger partial charge in [-0.25, -0.2) is 4.98 Å². The number of anilines is 2. The molecule has 4 rings (SSSR count). The van der Waals surface area contributed by atoms with E-state index in [1.54, 1.807) is 6.07 Å². The Morgan fingerprint density at radius 1 is 1.24 bits per heavy atom. The predicted molar refractivity (Wildman–Crippen MR) is 131 cm³/mol. The zero-order valence-electron chi connectivity index (χ0n) is 19.1. The summed E-state index contributed by atoms with van der Waals surface area (Å²) in [5, 5.41) is 6.24. The standard InChI is InChI=1S/C25H34N6O2/c1-2-23(32)27-20-12-16-31(17-20)22-10-9-21(24(26)33)25(29-22)28-19-7-5-18(6-8-19)11-15-30-13-3-4-14-30/h2,5,7-10,18,20H,1,3-4,6,11-17H2,(H2,26,33)(H,27,32)(H,28,29)/t18?,20-/m0/s1. The van der Waals surface area contributed by atoms with Crippen molar-refractivity contribution in [2.24, 2.45) is 11.7 Å². The van der Waals surface area contributed by atoms with E-state index in [2.05, 4.69) is 45.2 Å². The third-order valence-electron chi connectivity index (χ3n) is 6.66. The Morgan fingerprint density at radius 3 is 2.76 bits per heavy atom. The number of likely N-dealkylation sites (tertiary alicyclic amines) is 1. The van der Waals surface area contributed by atoms with Gasteiger partial charge in [-0.05, 0) is 81.9 Å². The second-order valence-electron chi connectivity index (χ2n) is 9.05. The van der Waals surface area contributed by atoms with Crippen LogP contribution in [0.15, 0.2) is 48.7 Å². The van der Waals surface area contributed by atoms with Crippen molar-refractivity contribution >= 4 is 23.5 Å². The molecule has 3 aliphatic rings. The van der Waals surface area contributed by atoms with Gasteiger partial charge in [-0.15, -0.1) is 0 Å². The summed E-state index contributed by atoms with van der Waals surface area (Å²) in [7, 11) is 0. The van der Waals surface area contributed by atoms with Crippen LogP contribution in [0.5, 0.6) is 0 Å². The number of amides is 2. The number of allylic oxidation sites excluding steroid dienone is 3. The molecule has 0 spiro atoms. The maximum absolute atomic E-state index is 12.0. The number of nitrogens with two attached hydrogens (primary N) is 1. The van der Waals surface area contributed by atoms with Crippen molar-refractivity contribution in [1.29, 1.82) is 0 Å². The molecule has 2 atom stereocenters. The Morgan fingerprint density at radius 2 is 2.06 bits per heavy atom. The van der Waals surface area contributed by atoms with Crippen LogP contribution in [0.3, 0.4) is 0 Å². The van der Waals surface area contributed by atoms with Gasteiger partial charge in [0.1, 0.15) is 11.6 Å². The Hall–Kier alpha value is -3.13. The number of rotatable bonds is 9. The van der Waals surface area contributed by atoms with Gasteiger partial charge >= 0.3 is 0 Å². The summed E-state index contributed by atoms with van der Waals surface area (Å²) in [4.78, 5) is 33.0. The fourth-order valence-corrected chi connectivity index (χ4v) is 4.73. The van der Waals surface area contributed by atoms with Crippen LogP contribution in [-0.2, 0) is 4.79 Å². The molecule has 3 heterocycles. The molecule has 1 aromatic heterocycles. The number of hydrogen-bond donors (Lipinski definition) is 3. The lowest BCUT2D eigenvalue weighted by Crippen LogP contribution is -2.36. The highest BCUT2D eigenvalue weighted by atomic mass is 16.1. The van der Waals surface area contributed by atoms with Crippen molar-refractivity contribution in [1.82, 2.24) is 15.2 Å². The largest absolute Gasteiger partial charge is 0.365 e. The Kier molecular flexibility index (Phi) is 7.44. The van der Waals surface area contributed by atoms with Gasteiger partial charge in [0, 0.05) is 24.8 Å². The van der Waals surface area contributed by atoms with Crippen LogP contribution in [0.25, 0.3) is 0 Å². The molecule has 0 aromatic carbocycles. The molecule has 33 heavy (non-hydrogen) atoms. The molecular formula is C25H34N6O2. The van der Waals surface area contributed by atoms with Crippen LogP contribution in [0, 0.1) is 5.92 Å². The third-order valence-corrected chi connectivity index (χ3v) is 6.66. The highest BCUT2D eigenvalue weighted by Gasteiger charge is 2.25. The fourth-order valence-electron chi connectivity index (χ4n) is 4.73. The van der Waals surface area contributed by atoms with Gasteiger partial charge in [-0.3, -0.25) is 9.59 Å². The molecule has 2 saturated heterocycles. The van der Waals surface area contributed by atoms with Crippen LogP contribution in [0.4, 0.5) is 11.6 Å². The second-order valence-corrected chi connectivity index (χ2v) is 9.05. The van der Waals surface area contributed by atoms with Gasteiger partial charge in [0.25, 0.3) is 5.91 Å². The summed E-state index contributed by atoms with van der Waals surface area (Å²) in [5.41, 5.74) is 6.89. The number of hydrogen-bond acceptors (Lipinski definition) is 6. The first-order valence-corrected chi connectivity index (χ1v) is 11.9. The molecular weight excluding hydrogens is 416 g/mol. The van der Waals surface area contributed by atoms with Gasteiger partial charge < -0.3 is 26.2 Å². The van der Waals surface area contributed by atoms with Crippen molar-refractivity contribution in [3.8, 4) is 0 Å². The van der Waals surface area contributed by atoms with Crippen LogP contribution >= 0.6 is 0 Å². The lowest BCUT2D eigenvalue weighted by molar-refractivity contribution is -0.117. The lowest BCUT2D eigenvalue weighted by atomic mass is 9.96. The minimum Gasteiger partial charge on any atom is -0.365 e. The maximum atomic E-state index is 12.0. The SMILES string of the molecule is C=CC(=O)N[C@H]1CCN(c2ccc(C(N)=O)c(NC3=CCC(CCN4CCCC4)C=C3)n2)C1. The number of nitrogens with one attached hydrogen (secondary N) is 2. The van der Waals surface area contributed by atoms with E-state index in [1.807, 2.05) is 6.07 Å². The zero-order chi connectivity index (χ0) is 23.2. The van der Waals surface area contributed by atoms with Crippen LogP contribution < -0.4 is 21.3 Å². The van der Waals surface area contributed by atoms with E-state index in [0.29, 0.717) is 23.8 Å². The molecule has 2 amide bonds. The molecule has 0 bridgehead atoms. The van der Waals surface area contributed by atoms with E-state index in [4.69, 9.17) is 10.7 Å². The topological polar surface area (TPSA) is 104 Å². The molecule has 4 N–H and O–H groups in total. The summed E-state index contributed by atoms with van der Waals surface area (Å²) in [6.45, 7) is 8.55. The van der Waals surface area contributed by atoms with Gasteiger partial charge in [0.05, 0.1) is 5.56 Å². The fraction of sp³-hybridized carbons (Fsp3) is 0.480. The van der Waals surface area contributed by atoms with Gasteiger partial charge in [0.2, 0.25) is 5.91 Å². The normalized spacial score (nSPS) is 22.8. The molecule has 0 radical (unpaired) electrons. The maximum Gasteiger partial charge on any atom is 0.252 e. The Bertz CT molecular complexity index is 950. The number of carbonyl (C=O) groups is 2. The number of nitrogens with zero attached hydrogens (tertiary/aromatic N) is 3. The molecule has 2 fully saturated rings. The van der Waals surface area contributed by atoms with Crippen molar-refractivity contribution in [2.45, 2.75) is 38.1 Å². The van der Waals surface area contributed by atoms with Crippen molar-refractivity contribution < 1.29 is 9.59 Å². The number of pyridine rings is 1. The monoisotopic (exact) mass is 450 g/mol. The van der Waals surface area contributed by atoms with Crippen molar-refractivity contribution in [3.05, 3.63) is 54.3 Å². The number of aromatic nitrogens is 1. The predicted octanol–water partition coefficient (Wildman–Crippen LogP) is 2.42. The van der Waals surface area contributed by atoms with Gasteiger partial charge in [0.15, 0.2) is 0 Å². The highest BCUT2D eigenvalue weighted by Crippen LogP contribution is 2.26. The van der Waals surface area contributed by atoms with Crippen LogP contribution in [0.2, 0.25) is 0 Å². The molecule has 1 unspecified atom stereocenters. The zero-order valence-corrected chi connectivity index (χ0v) is 19.1. The first-order valence-electron chi connectivity index (χ1n) is 11.9. The Balaban J connectivity index is 1.38. The summed E-state index contributed by atoms with van der Waals surface area (Å²) < 4.78 is 0. The van der Waals surface area contributed by atoms with Gasteiger partial charge in [-0.1, -0.05) is 18.7 Å². The van der Waals surface area contributed by atoms with Crippen molar-refractivity contribution in [3.63, 3.8) is 0 Å². The first-order chi connectivity index (χ1) is 16.0. The summed E-state index contributed by atoms with van der Waals surface area (Å²) >= 11 is 0. The molecule has 8 heteroatoms. The van der Waals surface area contributed by atoms with E-state index in [9.17, 15) is 9.59 Å². The van der Waals surface area contributed by atoms with Crippen LogP contribution in [0.1, 0.15) is 42.5 Å². The average Bonchev–Trinajstić information content (AvgIpc) is 3.50. The smallest absolute Gasteiger partial charge is 0.252 e. The highest BCUT2D eigenvalue weighted by molar-refractivity contribution is 5.98. The van der Waals surface area contributed by atoms with E-state index in [-0.39, 0.29) is 11.9 Å². The average molecular weight is 451 g/mol. The molecule has 2 aliphatic heterocycles. The van der Waals surface area contributed by atoms with E-state index < -0.39 is 5.91 Å². The molecule has 1 aromatic rings. The van der Waals surface area contributed by atoms with Gasteiger partial charge in [-0.2, -0.15) is 0 Å². The Labute approximate surface area is 195 Å². The van der Waals surface area contributed by atoms with Crippen LogP contribution in [-0.4, -0.2) is 60.5 Å². The summed E-state index contributed by atoms with van der Waals surface area (Å²) in [6.07, 6.45) is 13.4. The van der Waals surface area contributed by atoms with Crippen molar-refractivity contribution in [2.75, 3.05) is 42.9 Å². The summed E-state index contributed by atoms with van der Waals surface area (Å²) in [6, 6.07) is 3.57. The van der Waals surface area contributed by atoms with E-state index >= 15 is 0 Å². The second kappa shape index (κ2) is 10.7. The van der Waals surface area contributed by atoms with E-state index in [0.717, 1.165) is 37.4 Å². The minimum absolute atomic E-state index is 0.0472.